The maximum Gasteiger partial charge on any atom is 0.305 e. The molecule has 0 aromatic carbocycles. The number of carboxylic acid groups (broad SMARTS) is 1. The summed E-state index contributed by atoms with van der Waals surface area (Å²) in [7, 11) is 0. The highest BCUT2D eigenvalue weighted by atomic mass is 16.5. The van der Waals surface area contributed by atoms with E-state index in [4.69, 9.17) is 9.84 Å². The standard InChI is InChI=1S/C13H18N2O3/c1-13(9-12(16)17,11-3-2-4-14-10-11)15-5-7-18-8-6-15/h2-4,10H,5-9H2,1H3,(H,16,17). The lowest BCUT2D eigenvalue weighted by molar-refractivity contribution is -0.141. The molecule has 18 heavy (non-hydrogen) atoms. The first kappa shape index (κ1) is 13.0. The van der Waals surface area contributed by atoms with E-state index in [0.29, 0.717) is 13.2 Å². The number of nitrogens with zero attached hydrogens (tertiary/aromatic N) is 2. The molecule has 1 aromatic heterocycles. The van der Waals surface area contributed by atoms with Crippen molar-refractivity contribution in [1.82, 2.24) is 9.88 Å². The van der Waals surface area contributed by atoms with Crippen LogP contribution in [0.15, 0.2) is 24.5 Å². The molecule has 1 aromatic rings. The monoisotopic (exact) mass is 250 g/mol. The van der Waals surface area contributed by atoms with Crippen LogP contribution in [0.25, 0.3) is 0 Å². The van der Waals surface area contributed by atoms with Crippen molar-refractivity contribution >= 4 is 5.97 Å². The van der Waals surface area contributed by atoms with Gasteiger partial charge >= 0.3 is 5.97 Å². The molecule has 1 N–H and O–H groups in total. The van der Waals surface area contributed by atoms with E-state index in [9.17, 15) is 4.79 Å². The summed E-state index contributed by atoms with van der Waals surface area (Å²) in [6, 6.07) is 3.78. The van der Waals surface area contributed by atoms with Gasteiger partial charge in [-0.25, -0.2) is 0 Å². The largest absolute Gasteiger partial charge is 0.481 e. The molecular weight excluding hydrogens is 232 g/mol. The molecule has 5 nitrogen and oxygen atoms in total. The lowest BCUT2D eigenvalue weighted by Crippen LogP contribution is -2.50. The Hall–Kier alpha value is -1.46. The third-order valence-corrected chi connectivity index (χ3v) is 3.49. The first-order valence-corrected chi connectivity index (χ1v) is 6.08. The molecule has 1 saturated heterocycles. The van der Waals surface area contributed by atoms with E-state index in [1.54, 1.807) is 12.4 Å². The third-order valence-electron chi connectivity index (χ3n) is 3.49. The van der Waals surface area contributed by atoms with Gasteiger partial charge in [-0.2, -0.15) is 0 Å². The van der Waals surface area contributed by atoms with Crippen molar-refractivity contribution < 1.29 is 14.6 Å². The Bertz CT molecular complexity index is 404. The molecule has 0 amide bonds. The zero-order chi connectivity index (χ0) is 13.0. The maximum absolute atomic E-state index is 11.2. The topological polar surface area (TPSA) is 62.7 Å². The molecule has 1 aliphatic rings. The molecule has 0 spiro atoms. The fourth-order valence-electron chi connectivity index (χ4n) is 2.43. The Labute approximate surface area is 106 Å². The zero-order valence-corrected chi connectivity index (χ0v) is 10.5. The number of pyridine rings is 1. The first-order chi connectivity index (χ1) is 8.63. The lowest BCUT2D eigenvalue weighted by Gasteiger charge is -2.42. The van der Waals surface area contributed by atoms with Gasteiger partial charge in [-0.05, 0) is 18.6 Å². The highest BCUT2D eigenvalue weighted by Gasteiger charge is 2.37. The normalized spacial score (nSPS) is 20.3. The molecule has 2 rings (SSSR count). The maximum atomic E-state index is 11.2. The van der Waals surface area contributed by atoms with Gasteiger partial charge in [0.05, 0.1) is 25.2 Å². The van der Waals surface area contributed by atoms with Gasteiger partial charge < -0.3 is 9.84 Å². The van der Waals surface area contributed by atoms with Crippen LogP contribution in [0, 0.1) is 0 Å². The second-order valence-corrected chi connectivity index (χ2v) is 4.69. The number of morpholine rings is 1. The molecule has 98 valence electrons. The van der Waals surface area contributed by atoms with E-state index in [1.807, 2.05) is 19.1 Å². The number of carboxylic acids is 1. The summed E-state index contributed by atoms with van der Waals surface area (Å²) >= 11 is 0. The highest BCUT2D eigenvalue weighted by Crippen LogP contribution is 2.32. The quantitative estimate of drug-likeness (QED) is 0.867. The van der Waals surface area contributed by atoms with E-state index >= 15 is 0 Å². The van der Waals surface area contributed by atoms with Crippen molar-refractivity contribution in [1.29, 1.82) is 0 Å². The summed E-state index contributed by atoms with van der Waals surface area (Å²) in [5, 5.41) is 9.16. The molecule has 0 radical (unpaired) electrons. The molecule has 0 saturated carbocycles. The van der Waals surface area contributed by atoms with Crippen LogP contribution >= 0.6 is 0 Å². The van der Waals surface area contributed by atoms with E-state index in [2.05, 4.69) is 9.88 Å². The third kappa shape index (κ3) is 2.68. The predicted octanol–water partition coefficient (Wildman–Crippen LogP) is 1.10. The van der Waals surface area contributed by atoms with Crippen LogP contribution in [0.5, 0.6) is 0 Å². The molecule has 2 heterocycles. The molecular formula is C13H18N2O3. The highest BCUT2D eigenvalue weighted by molar-refractivity contribution is 5.68. The van der Waals surface area contributed by atoms with Gasteiger partial charge in [-0.15, -0.1) is 0 Å². The SMILES string of the molecule is CC(CC(=O)O)(c1cccnc1)N1CCOCC1. The second-order valence-electron chi connectivity index (χ2n) is 4.69. The van der Waals surface area contributed by atoms with Crippen LogP contribution in [-0.2, 0) is 15.1 Å². The Morgan fingerprint density at radius 3 is 2.83 bits per heavy atom. The molecule has 1 aliphatic heterocycles. The summed E-state index contributed by atoms with van der Waals surface area (Å²) in [6.45, 7) is 4.76. The van der Waals surface area contributed by atoms with Crippen molar-refractivity contribution in [3.05, 3.63) is 30.1 Å². The number of hydrogen-bond donors (Lipinski definition) is 1. The number of aliphatic carboxylic acids is 1. The Morgan fingerprint density at radius 2 is 2.28 bits per heavy atom. The predicted molar refractivity (Wildman–Crippen MR) is 66.2 cm³/mol. The second kappa shape index (κ2) is 5.46. The smallest absolute Gasteiger partial charge is 0.305 e. The van der Waals surface area contributed by atoms with Gasteiger partial charge in [0.1, 0.15) is 0 Å². The van der Waals surface area contributed by atoms with Crippen molar-refractivity contribution in [3.8, 4) is 0 Å². The van der Waals surface area contributed by atoms with Gasteiger partial charge in [-0.1, -0.05) is 6.07 Å². The van der Waals surface area contributed by atoms with E-state index in [-0.39, 0.29) is 6.42 Å². The molecule has 1 unspecified atom stereocenters. The van der Waals surface area contributed by atoms with Gasteiger partial charge in [0.25, 0.3) is 0 Å². The van der Waals surface area contributed by atoms with Crippen LogP contribution in [0.3, 0.4) is 0 Å². The van der Waals surface area contributed by atoms with Gasteiger partial charge in [0, 0.05) is 25.5 Å². The van der Waals surface area contributed by atoms with Gasteiger partial charge in [0.2, 0.25) is 0 Å². The van der Waals surface area contributed by atoms with Crippen LogP contribution in [0.4, 0.5) is 0 Å². The van der Waals surface area contributed by atoms with Crippen LogP contribution in [0.2, 0.25) is 0 Å². The number of carbonyl (C=O) groups is 1. The Kier molecular flexibility index (Phi) is 3.93. The average Bonchev–Trinajstić information content (AvgIpc) is 2.40. The minimum absolute atomic E-state index is 0.0681. The molecule has 1 fully saturated rings. The number of ether oxygens (including phenoxy) is 1. The van der Waals surface area contributed by atoms with Crippen molar-refractivity contribution in [2.24, 2.45) is 0 Å². The fraction of sp³-hybridized carbons (Fsp3) is 0.538. The van der Waals surface area contributed by atoms with Gasteiger partial charge in [-0.3, -0.25) is 14.7 Å². The summed E-state index contributed by atoms with van der Waals surface area (Å²) in [6.07, 6.45) is 3.51. The summed E-state index contributed by atoms with van der Waals surface area (Å²) < 4.78 is 5.33. The van der Waals surface area contributed by atoms with Crippen molar-refractivity contribution in [2.45, 2.75) is 18.9 Å². The minimum Gasteiger partial charge on any atom is -0.481 e. The van der Waals surface area contributed by atoms with Gasteiger partial charge in [0.15, 0.2) is 0 Å². The Balaban J connectivity index is 2.30. The average molecular weight is 250 g/mol. The summed E-state index contributed by atoms with van der Waals surface area (Å²) in [4.78, 5) is 17.4. The number of aromatic nitrogens is 1. The molecule has 0 bridgehead atoms. The van der Waals surface area contributed by atoms with E-state index < -0.39 is 11.5 Å². The molecule has 5 heteroatoms. The Morgan fingerprint density at radius 1 is 1.56 bits per heavy atom. The minimum atomic E-state index is -0.798. The molecule has 0 aliphatic carbocycles. The summed E-state index contributed by atoms with van der Waals surface area (Å²) in [5.41, 5.74) is 0.415. The number of hydrogen-bond acceptors (Lipinski definition) is 4. The zero-order valence-electron chi connectivity index (χ0n) is 10.5. The first-order valence-electron chi connectivity index (χ1n) is 6.08. The van der Waals surface area contributed by atoms with E-state index in [1.165, 1.54) is 0 Å². The lowest BCUT2D eigenvalue weighted by atomic mass is 9.87. The number of rotatable bonds is 4. The van der Waals surface area contributed by atoms with Crippen LogP contribution in [-0.4, -0.2) is 47.3 Å². The van der Waals surface area contributed by atoms with Crippen molar-refractivity contribution in [3.63, 3.8) is 0 Å². The van der Waals surface area contributed by atoms with Crippen LogP contribution < -0.4 is 0 Å². The van der Waals surface area contributed by atoms with E-state index in [0.717, 1.165) is 18.7 Å². The fourth-order valence-corrected chi connectivity index (χ4v) is 2.43. The summed E-state index contributed by atoms with van der Waals surface area (Å²) in [5.74, 6) is -0.798. The van der Waals surface area contributed by atoms with Crippen molar-refractivity contribution in [2.75, 3.05) is 26.3 Å². The van der Waals surface area contributed by atoms with Crippen LogP contribution in [0.1, 0.15) is 18.9 Å². The molecule has 1 atom stereocenters.